The average molecular weight is 301 g/mol. The molecule has 5 heteroatoms. The Labute approximate surface area is 130 Å². The summed E-state index contributed by atoms with van der Waals surface area (Å²) in [4.78, 5) is 16.7. The number of benzene rings is 1. The molecule has 2 N–H and O–H groups in total. The zero-order valence-corrected chi connectivity index (χ0v) is 12.8. The van der Waals surface area contributed by atoms with Gasteiger partial charge in [0.1, 0.15) is 5.75 Å². The van der Waals surface area contributed by atoms with Crippen LogP contribution in [-0.2, 0) is 0 Å². The van der Waals surface area contributed by atoms with Crippen molar-refractivity contribution in [3.8, 4) is 5.75 Å². The van der Waals surface area contributed by atoms with E-state index in [1.54, 1.807) is 6.07 Å². The minimum atomic E-state index is -0.0827. The Balaban J connectivity index is 1.44. The fraction of sp³-hybridized carbons (Fsp3) is 0.471. The second-order valence-electron chi connectivity index (χ2n) is 5.72. The molecule has 2 heterocycles. The van der Waals surface area contributed by atoms with Crippen LogP contribution in [0.15, 0.2) is 35.1 Å². The summed E-state index contributed by atoms with van der Waals surface area (Å²) in [7, 11) is 0. The lowest BCUT2D eigenvalue weighted by molar-refractivity contribution is 0.226. The molecule has 1 aliphatic heterocycles. The monoisotopic (exact) mass is 301 g/mol. The molecule has 118 valence electrons. The van der Waals surface area contributed by atoms with Crippen LogP contribution in [0.5, 0.6) is 5.75 Å². The summed E-state index contributed by atoms with van der Waals surface area (Å²) < 4.78 is 5.79. The van der Waals surface area contributed by atoms with E-state index in [0.29, 0.717) is 6.61 Å². The van der Waals surface area contributed by atoms with E-state index >= 15 is 0 Å². The van der Waals surface area contributed by atoms with Crippen LogP contribution in [0.4, 0.5) is 0 Å². The van der Waals surface area contributed by atoms with Crippen LogP contribution in [0, 0.1) is 0 Å². The van der Waals surface area contributed by atoms with Gasteiger partial charge in [0.15, 0.2) is 0 Å². The van der Waals surface area contributed by atoms with Gasteiger partial charge in [-0.3, -0.25) is 4.79 Å². The van der Waals surface area contributed by atoms with Crippen molar-refractivity contribution in [1.82, 2.24) is 15.2 Å². The van der Waals surface area contributed by atoms with Gasteiger partial charge in [0, 0.05) is 38.3 Å². The molecule has 3 rings (SSSR count). The zero-order valence-electron chi connectivity index (χ0n) is 12.8. The van der Waals surface area contributed by atoms with Gasteiger partial charge < -0.3 is 19.9 Å². The summed E-state index contributed by atoms with van der Waals surface area (Å²) in [5.74, 6) is 0.816. The number of unbranched alkanes of at least 4 members (excludes halogenated alkanes) is 1. The average Bonchev–Trinajstić information content (AvgIpc) is 2.55. The Morgan fingerprint density at radius 2 is 1.91 bits per heavy atom. The number of nitrogens with zero attached hydrogens (tertiary/aromatic N) is 1. The molecule has 0 atom stereocenters. The maximum atomic E-state index is 11.3. The normalized spacial score (nSPS) is 16.0. The van der Waals surface area contributed by atoms with Crippen molar-refractivity contribution in [2.24, 2.45) is 0 Å². The first-order valence-electron chi connectivity index (χ1n) is 8.00. The molecule has 0 radical (unpaired) electrons. The van der Waals surface area contributed by atoms with Crippen LogP contribution in [0.25, 0.3) is 10.9 Å². The Morgan fingerprint density at radius 3 is 2.77 bits per heavy atom. The highest BCUT2D eigenvalue weighted by molar-refractivity contribution is 5.79. The maximum Gasteiger partial charge on any atom is 0.248 e. The highest BCUT2D eigenvalue weighted by Gasteiger charge is 2.08. The van der Waals surface area contributed by atoms with Gasteiger partial charge in [-0.2, -0.15) is 0 Å². The second-order valence-corrected chi connectivity index (χ2v) is 5.72. The van der Waals surface area contributed by atoms with Gasteiger partial charge in [0.2, 0.25) is 5.56 Å². The topological polar surface area (TPSA) is 57.4 Å². The van der Waals surface area contributed by atoms with Gasteiger partial charge in [-0.15, -0.1) is 0 Å². The predicted molar refractivity (Wildman–Crippen MR) is 88.6 cm³/mol. The fourth-order valence-electron chi connectivity index (χ4n) is 2.78. The lowest BCUT2D eigenvalue weighted by atomic mass is 10.2. The van der Waals surface area contributed by atoms with Crippen LogP contribution >= 0.6 is 0 Å². The first-order valence-corrected chi connectivity index (χ1v) is 8.00. The number of aromatic nitrogens is 1. The summed E-state index contributed by atoms with van der Waals surface area (Å²) >= 11 is 0. The van der Waals surface area contributed by atoms with Crippen molar-refractivity contribution in [2.75, 3.05) is 39.3 Å². The maximum absolute atomic E-state index is 11.3. The lowest BCUT2D eigenvalue weighted by Gasteiger charge is -2.26. The molecule has 0 amide bonds. The molecule has 1 aromatic heterocycles. The van der Waals surface area contributed by atoms with Gasteiger partial charge in [0.25, 0.3) is 0 Å². The van der Waals surface area contributed by atoms with Gasteiger partial charge >= 0.3 is 0 Å². The highest BCUT2D eigenvalue weighted by atomic mass is 16.5. The number of H-pyrrole nitrogens is 1. The number of aromatic amines is 1. The Morgan fingerprint density at radius 1 is 1.09 bits per heavy atom. The number of rotatable bonds is 6. The van der Waals surface area contributed by atoms with E-state index in [1.807, 2.05) is 24.3 Å². The van der Waals surface area contributed by atoms with Crippen molar-refractivity contribution < 1.29 is 4.74 Å². The summed E-state index contributed by atoms with van der Waals surface area (Å²) in [6.07, 6.45) is 2.21. The van der Waals surface area contributed by atoms with E-state index in [9.17, 15) is 4.79 Å². The number of nitrogens with one attached hydrogen (secondary N) is 2. The van der Waals surface area contributed by atoms with E-state index in [2.05, 4.69) is 15.2 Å². The predicted octanol–water partition coefficient (Wildman–Crippen LogP) is 1.59. The smallest absolute Gasteiger partial charge is 0.248 e. The quantitative estimate of drug-likeness (QED) is 0.796. The van der Waals surface area contributed by atoms with Crippen LogP contribution in [0.3, 0.4) is 0 Å². The molecule has 1 saturated heterocycles. The number of fused-ring (bicyclic) bond motifs is 1. The van der Waals surface area contributed by atoms with E-state index in [-0.39, 0.29) is 5.56 Å². The van der Waals surface area contributed by atoms with Gasteiger partial charge in [-0.05, 0) is 43.0 Å². The molecule has 0 unspecified atom stereocenters. The van der Waals surface area contributed by atoms with Crippen LogP contribution in [0.2, 0.25) is 0 Å². The van der Waals surface area contributed by atoms with Gasteiger partial charge in [0.05, 0.1) is 12.1 Å². The Bertz CT molecular complexity index is 662. The molecule has 1 aliphatic rings. The summed E-state index contributed by atoms with van der Waals surface area (Å²) in [5, 5.41) is 4.38. The summed E-state index contributed by atoms with van der Waals surface area (Å²) in [6, 6.07) is 9.19. The van der Waals surface area contributed by atoms with Crippen LogP contribution < -0.4 is 15.6 Å². The molecule has 0 bridgehead atoms. The fourth-order valence-corrected chi connectivity index (χ4v) is 2.78. The van der Waals surface area contributed by atoms with Crippen LogP contribution in [-0.4, -0.2) is 49.2 Å². The molecule has 0 aliphatic carbocycles. The third-order valence-electron chi connectivity index (χ3n) is 4.04. The molecular formula is C17H23N3O2. The lowest BCUT2D eigenvalue weighted by Crippen LogP contribution is -2.43. The third kappa shape index (κ3) is 4.08. The molecule has 0 spiro atoms. The van der Waals surface area contributed by atoms with E-state index in [1.165, 1.54) is 0 Å². The number of hydrogen-bond acceptors (Lipinski definition) is 4. The summed E-state index contributed by atoms with van der Waals surface area (Å²) in [5.41, 5.74) is 0.742. The van der Waals surface area contributed by atoms with E-state index in [0.717, 1.165) is 62.2 Å². The van der Waals surface area contributed by atoms with Crippen molar-refractivity contribution in [3.05, 3.63) is 40.7 Å². The Hall–Kier alpha value is -1.85. The van der Waals surface area contributed by atoms with Crippen molar-refractivity contribution in [1.29, 1.82) is 0 Å². The minimum absolute atomic E-state index is 0.0827. The molecule has 1 fully saturated rings. The zero-order chi connectivity index (χ0) is 15.2. The van der Waals surface area contributed by atoms with E-state index < -0.39 is 0 Å². The molecule has 1 aromatic carbocycles. The minimum Gasteiger partial charge on any atom is -0.494 e. The molecular weight excluding hydrogens is 278 g/mol. The first kappa shape index (κ1) is 15.1. The number of pyridine rings is 1. The number of ether oxygens (including phenoxy) is 1. The standard InChI is InChI=1S/C17H23N3O2/c21-17-6-4-14-3-5-15(13-16(14)19-17)22-12-2-1-9-20-10-7-18-8-11-20/h3-6,13,18H,1-2,7-12H2,(H,19,21). The van der Waals surface area contributed by atoms with Crippen molar-refractivity contribution in [3.63, 3.8) is 0 Å². The van der Waals surface area contributed by atoms with Gasteiger partial charge in [-0.1, -0.05) is 0 Å². The first-order chi connectivity index (χ1) is 10.8. The number of hydrogen-bond donors (Lipinski definition) is 2. The highest BCUT2D eigenvalue weighted by Crippen LogP contribution is 2.18. The molecule has 0 saturated carbocycles. The van der Waals surface area contributed by atoms with Crippen molar-refractivity contribution in [2.45, 2.75) is 12.8 Å². The second kappa shape index (κ2) is 7.42. The molecule has 2 aromatic rings. The van der Waals surface area contributed by atoms with Gasteiger partial charge in [-0.25, -0.2) is 0 Å². The molecule has 5 nitrogen and oxygen atoms in total. The number of piperazine rings is 1. The van der Waals surface area contributed by atoms with Crippen LogP contribution in [0.1, 0.15) is 12.8 Å². The third-order valence-corrected chi connectivity index (χ3v) is 4.04. The largest absolute Gasteiger partial charge is 0.494 e. The Kier molecular flexibility index (Phi) is 5.08. The molecule has 22 heavy (non-hydrogen) atoms. The van der Waals surface area contributed by atoms with E-state index in [4.69, 9.17) is 4.74 Å². The summed E-state index contributed by atoms with van der Waals surface area (Å²) in [6.45, 7) is 6.38. The SMILES string of the molecule is O=c1ccc2ccc(OCCCCN3CCNCC3)cc2[nH]1. The van der Waals surface area contributed by atoms with Crippen molar-refractivity contribution >= 4 is 10.9 Å².